The summed E-state index contributed by atoms with van der Waals surface area (Å²) in [5.74, 6) is 3.20. The van der Waals surface area contributed by atoms with Crippen LogP contribution in [0.2, 0.25) is 0 Å². The van der Waals surface area contributed by atoms with Crippen molar-refractivity contribution < 1.29 is 9.47 Å². The highest BCUT2D eigenvalue weighted by Crippen LogP contribution is 2.30. The maximum absolute atomic E-state index is 6.01. The third-order valence-electron chi connectivity index (χ3n) is 5.63. The van der Waals surface area contributed by atoms with Gasteiger partial charge in [-0.15, -0.1) is 0 Å². The van der Waals surface area contributed by atoms with Gasteiger partial charge in [-0.2, -0.15) is 0 Å². The molecule has 2 aromatic carbocycles. The van der Waals surface area contributed by atoms with E-state index in [0.717, 1.165) is 35.9 Å². The number of benzene rings is 2. The minimum absolute atomic E-state index is 0.645. The Morgan fingerprint density at radius 3 is 1.29 bits per heavy atom. The van der Waals surface area contributed by atoms with Gasteiger partial charge in [-0.25, -0.2) is 0 Å². The standard InChI is InChI=1S/C26H32O2/c1-19(2)23-9-13-25(14-10-23)27-17-21-5-7-22(8-6-21)18-28-26-15-11-24(12-16-26)20(3)4/h9-16,21-22H,1,3,5-8,17-18H2,2,4H3. The van der Waals surface area contributed by atoms with Crippen LogP contribution in [0.5, 0.6) is 11.5 Å². The lowest BCUT2D eigenvalue weighted by Crippen LogP contribution is -2.23. The van der Waals surface area contributed by atoms with Gasteiger partial charge >= 0.3 is 0 Å². The Labute approximate surface area is 169 Å². The summed E-state index contributed by atoms with van der Waals surface area (Å²) in [7, 11) is 0. The molecular weight excluding hydrogens is 344 g/mol. The van der Waals surface area contributed by atoms with Crippen LogP contribution >= 0.6 is 0 Å². The van der Waals surface area contributed by atoms with Gasteiger partial charge in [0, 0.05) is 0 Å². The number of hydrogen-bond donors (Lipinski definition) is 0. The summed E-state index contributed by atoms with van der Waals surface area (Å²) in [6.07, 6.45) is 4.86. The van der Waals surface area contributed by atoms with Crippen LogP contribution in [-0.2, 0) is 0 Å². The molecule has 2 heteroatoms. The van der Waals surface area contributed by atoms with Gasteiger partial charge < -0.3 is 9.47 Å². The second kappa shape index (κ2) is 9.64. The van der Waals surface area contributed by atoms with Crippen molar-refractivity contribution in [1.82, 2.24) is 0 Å². The van der Waals surface area contributed by atoms with Crippen molar-refractivity contribution in [2.75, 3.05) is 13.2 Å². The summed E-state index contributed by atoms with van der Waals surface area (Å²) in [5.41, 5.74) is 4.50. The molecule has 0 aliphatic heterocycles. The molecule has 2 aromatic rings. The average Bonchev–Trinajstić information content (AvgIpc) is 2.72. The second-order valence-corrected chi connectivity index (χ2v) is 8.12. The Morgan fingerprint density at radius 2 is 1.00 bits per heavy atom. The van der Waals surface area contributed by atoms with E-state index in [-0.39, 0.29) is 0 Å². The molecule has 0 aromatic heterocycles. The predicted octanol–water partition coefficient (Wildman–Crippen LogP) is 7.02. The van der Waals surface area contributed by atoms with Gasteiger partial charge in [0.25, 0.3) is 0 Å². The first-order chi connectivity index (χ1) is 13.5. The van der Waals surface area contributed by atoms with Crippen molar-refractivity contribution in [3.63, 3.8) is 0 Å². The molecule has 148 valence electrons. The predicted molar refractivity (Wildman–Crippen MR) is 119 cm³/mol. The minimum Gasteiger partial charge on any atom is -0.493 e. The molecular formula is C26H32O2. The normalized spacial score (nSPS) is 19.1. The molecule has 0 radical (unpaired) electrons. The monoisotopic (exact) mass is 376 g/mol. The molecule has 0 saturated heterocycles. The molecule has 0 heterocycles. The lowest BCUT2D eigenvalue weighted by molar-refractivity contribution is 0.148. The van der Waals surface area contributed by atoms with Crippen molar-refractivity contribution in [1.29, 1.82) is 0 Å². The lowest BCUT2D eigenvalue weighted by Gasteiger charge is -2.28. The summed E-state index contributed by atoms with van der Waals surface area (Å²) < 4.78 is 12.0. The molecule has 0 atom stereocenters. The highest BCUT2D eigenvalue weighted by Gasteiger charge is 2.22. The van der Waals surface area contributed by atoms with E-state index < -0.39 is 0 Å². The van der Waals surface area contributed by atoms with E-state index in [1.54, 1.807) is 0 Å². The smallest absolute Gasteiger partial charge is 0.119 e. The number of ether oxygens (including phenoxy) is 2. The molecule has 0 unspecified atom stereocenters. The lowest BCUT2D eigenvalue weighted by atomic mass is 9.83. The Morgan fingerprint density at radius 1 is 0.679 bits per heavy atom. The van der Waals surface area contributed by atoms with E-state index in [9.17, 15) is 0 Å². The first-order valence-corrected chi connectivity index (χ1v) is 10.3. The number of rotatable bonds is 8. The zero-order valence-corrected chi connectivity index (χ0v) is 17.2. The van der Waals surface area contributed by atoms with Gasteiger partial charge in [-0.1, -0.05) is 48.6 Å². The molecule has 0 bridgehead atoms. The van der Waals surface area contributed by atoms with Crippen LogP contribution in [0.4, 0.5) is 0 Å². The van der Waals surface area contributed by atoms with Crippen molar-refractivity contribution in [3.05, 3.63) is 72.8 Å². The molecule has 1 fully saturated rings. The average molecular weight is 377 g/mol. The molecule has 28 heavy (non-hydrogen) atoms. The van der Waals surface area contributed by atoms with Gasteiger partial charge in [0.2, 0.25) is 0 Å². The van der Waals surface area contributed by atoms with E-state index >= 15 is 0 Å². The Hall–Kier alpha value is -2.48. The first kappa shape index (κ1) is 20.3. The van der Waals surface area contributed by atoms with Gasteiger partial charge in [-0.3, -0.25) is 0 Å². The van der Waals surface area contributed by atoms with Gasteiger partial charge in [0.1, 0.15) is 11.5 Å². The fraction of sp³-hybridized carbons (Fsp3) is 0.385. The van der Waals surface area contributed by atoms with Crippen molar-refractivity contribution >= 4 is 11.1 Å². The number of hydrogen-bond acceptors (Lipinski definition) is 2. The number of allylic oxidation sites excluding steroid dienone is 2. The van der Waals surface area contributed by atoms with Crippen LogP contribution < -0.4 is 9.47 Å². The zero-order chi connectivity index (χ0) is 19.9. The topological polar surface area (TPSA) is 18.5 Å². The maximum Gasteiger partial charge on any atom is 0.119 e. The molecule has 0 N–H and O–H groups in total. The first-order valence-electron chi connectivity index (χ1n) is 10.3. The molecule has 1 aliphatic rings. The highest BCUT2D eigenvalue weighted by atomic mass is 16.5. The summed E-state index contributed by atoms with van der Waals surface area (Å²) in [6.45, 7) is 13.6. The largest absolute Gasteiger partial charge is 0.493 e. The van der Waals surface area contributed by atoms with Crippen LogP contribution in [0.15, 0.2) is 61.7 Å². The van der Waals surface area contributed by atoms with E-state index in [1.807, 2.05) is 38.1 Å². The minimum atomic E-state index is 0.645. The van der Waals surface area contributed by atoms with Crippen LogP contribution in [0, 0.1) is 11.8 Å². The van der Waals surface area contributed by atoms with Gasteiger partial charge in [0.15, 0.2) is 0 Å². The third-order valence-corrected chi connectivity index (χ3v) is 5.63. The van der Waals surface area contributed by atoms with Crippen LogP contribution in [-0.4, -0.2) is 13.2 Å². The third kappa shape index (κ3) is 5.76. The molecule has 0 spiro atoms. The van der Waals surface area contributed by atoms with E-state index in [0.29, 0.717) is 11.8 Å². The van der Waals surface area contributed by atoms with Crippen LogP contribution in [0.25, 0.3) is 11.1 Å². The summed E-state index contributed by atoms with van der Waals surface area (Å²) in [5, 5.41) is 0. The van der Waals surface area contributed by atoms with Crippen molar-refractivity contribution in [2.24, 2.45) is 11.8 Å². The van der Waals surface area contributed by atoms with E-state index in [2.05, 4.69) is 37.4 Å². The molecule has 2 nitrogen and oxygen atoms in total. The molecule has 1 aliphatic carbocycles. The maximum atomic E-state index is 6.01. The molecule has 1 saturated carbocycles. The zero-order valence-electron chi connectivity index (χ0n) is 17.2. The SMILES string of the molecule is C=C(C)c1ccc(OCC2CCC(COc3ccc(C(=C)C)cc3)CC2)cc1. The molecule has 0 amide bonds. The summed E-state index contributed by atoms with van der Waals surface area (Å²) >= 11 is 0. The Balaban J connectivity index is 1.37. The van der Waals surface area contributed by atoms with Crippen molar-refractivity contribution in [3.8, 4) is 11.5 Å². The second-order valence-electron chi connectivity index (χ2n) is 8.12. The van der Waals surface area contributed by atoms with E-state index in [1.165, 1.54) is 36.8 Å². The van der Waals surface area contributed by atoms with E-state index in [4.69, 9.17) is 9.47 Å². The Kier molecular flexibility index (Phi) is 6.97. The highest BCUT2D eigenvalue weighted by molar-refractivity contribution is 5.62. The fourth-order valence-corrected chi connectivity index (χ4v) is 3.66. The van der Waals surface area contributed by atoms with Gasteiger partial charge in [-0.05, 0) is 86.8 Å². The van der Waals surface area contributed by atoms with Crippen LogP contribution in [0.3, 0.4) is 0 Å². The summed E-state index contributed by atoms with van der Waals surface area (Å²) in [4.78, 5) is 0. The summed E-state index contributed by atoms with van der Waals surface area (Å²) in [6, 6.07) is 16.5. The van der Waals surface area contributed by atoms with Crippen molar-refractivity contribution in [2.45, 2.75) is 39.5 Å². The van der Waals surface area contributed by atoms with Gasteiger partial charge in [0.05, 0.1) is 13.2 Å². The Bertz CT molecular complexity index is 709. The fourth-order valence-electron chi connectivity index (χ4n) is 3.66. The van der Waals surface area contributed by atoms with Crippen LogP contribution in [0.1, 0.15) is 50.7 Å². The quantitative estimate of drug-likeness (QED) is 0.493. The molecule has 3 rings (SSSR count).